The summed E-state index contributed by atoms with van der Waals surface area (Å²) < 4.78 is 23.4. The Hall–Kier alpha value is -0.870. The lowest BCUT2D eigenvalue weighted by Gasteiger charge is -2.24. The minimum absolute atomic E-state index is 0.0928. The fourth-order valence-electron chi connectivity index (χ4n) is 2.79. The topological polar surface area (TPSA) is 46.2 Å². The van der Waals surface area contributed by atoms with Crippen molar-refractivity contribution >= 4 is 9.84 Å². The number of nitrogens with one attached hydrogen (secondary N) is 1. The van der Waals surface area contributed by atoms with Gasteiger partial charge in [-0.3, -0.25) is 0 Å². The molecule has 2 unspecified atom stereocenters. The van der Waals surface area contributed by atoms with E-state index in [1.807, 2.05) is 18.2 Å². The van der Waals surface area contributed by atoms with Crippen molar-refractivity contribution in [3.05, 3.63) is 35.9 Å². The van der Waals surface area contributed by atoms with Crippen LogP contribution in [0.4, 0.5) is 0 Å². The maximum Gasteiger partial charge on any atom is 0.151 e. The molecule has 1 aliphatic rings. The van der Waals surface area contributed by atoms with Crippen LogP contribution in [0.25, 0.3) is 0 Å². The molecule has 18 heavy (non-hydrogen) atoms. The Morgan fingerprint density at radius 1 is 1.22 bits per heavy atom. The van der Waals surface area contributed by atoms with E-state index in [4.69, 9.17) is 0 Å². The third-order valence-electron chi connectivity index (χ3n) is 3.77. The smallest absolute Gasteiger partial charge is 0.151 e. The third-order valence-corrected chi connectivity index (χ3v) is 5.43. The van der Waals surface area contributed by atoms with Crippen molar-refractivity contribution in [2.75, 3.05) is 6.26 Å². The first-order chi connectivity index (χ1) is 8.48. The molecule has 1 saturated carbocycles. The van der Waals surface area contributed by atoms with Crippen molar-refractivity contribution < 1.29 is 8.42 Å². The number of hydrogen-bond donors (Lipinski definition) is 1. The summed E-state index contributed by atoms with van der Waals surface area (Å²) in [5.74, 6) is 0. The molecule has 100 valence electrons. The molecule has 0 amide bonds. The number of benzene rings is 1. The highest BCUT2D eigenvalue weighted by atomic mass is 32.2. The second-order valence-corrected chi connectivity index (χ2v) is 7.47. The molecule has 1 fully saturated rings. The molecule has 3 nitrogen and oxygen atoms in total. The maximum absolute atomic E-state index is 11.7. The van der Waals surface area contributed by atoms with Crippen LogP contribution in [0.2, 0.25) is 0 Å². The van der Waals surface area contributed by atoms with Crippen molar-refractivity contribution in [1.29, 1.82) is 0 Å². The summed E-state index contributed by atoms with van der Waals surface area (Å²) >= 11 is 0. The summed E-state index contributed by atoms with van der Waals surface area (Å²) in [5.41, 5.74) is 1.21. The van der Waals surface area contributed by atoms with Gasteiger partial charge >= 0.3 is 0 Å². The molecule has 0 bridgehead atoms. The van der Waals surface area contributed by atoms with Crippen molar-refractivity contribution in [3.8, 4) is 0 Å². The summed E-state index contributed by atoms with van der Waals surface area (Å²) in [7, 11) is -2.94. The Kier molecular flexibility index (Phi) is 4.07. The SMILES string of the molecule is C[C@H](NC1CCCC1S(C)(=O)=O)c1ccccc1. The quantitative estimate of drug-likeness (QED) is 0.910. The average molecular weight is 267 g/mol. The van der Waals surface area contributed by atoms with E-state index in [9.17, 15) is 8.42 Å². The summed E-state index contributed by atoms with van der Waals surface area (Å²) in [6.45, 7) is 2.09. The van der Waals surface area contributed by atoms with Gasteiger partial charge in [0, 0.05) is 18.3 Å². The highest BCUT2D eigenvalue weighted by molar-refractivity contribution is 7.91. The molecule has 0 saturated heterocycles. The third kappa shape index (κ3) is 3.12. The van der Waals surface area contributed by atoms with E-state index in [0.29, 0.717) is 0 Å². The zero-order valence-electron chi connectivity index (χ0n) is 11.0. The molecule has 1 aliphatic carbocycles. The number of sulfone groups is 1. The van der Waals surface area contributed by atoms with E-state index in [2.05, 4.69) is 24.4 Å². The lowest BCUT2D eigenvalue weighted by molar-refractivity contribution is 0.456. The van der Waals surface area contributed by atoms with E-state index in [1.54, 1.807) is 0 Å². The highest BCUT2D eigenvalue weighted by Gasteiger charge is 2.35. The molecule has 1 aromatic rings. The molecule has 2 rings (SSSR count). The molecule has 0 heterocycles. The van der Waals surface area contributed by atoms with Crippen LogP contribution in [0, 0.1) is 0 Å². The van der Waals surface area contributed by atoms with Crippen LogP contribution in [0.15, 0.2) is 30.3 Å². The second kappa shape index (κ2) is 5.41. The molecule has 0 radical (unpaired) electrons. The van der Waals surface area contributed by atoms with Crippen LogP contribution in [0.5, 0.6) is 0 Å². The minimum atomic E-state index is -2.94. The second-order valence-electron chi connectivity index (χ2n) is 5.20. The van der Waals surface area contributed by atoms with Gasteiger partial charge in [-0.05, 0) is 25.3 Å². The van der Waals surface area contributed by atoms with Gasteiger partial charge in [0.05, 0.1) is 5.25 Å². The van der Waals surface area contributed by atoms with Crippen LogP contribution in [-0.2, 0) is 9.84 Å². The molecule has 3 atom stereocenters. The summed E-state index contributed by atoms with van der Waals surface area (Å²) in [5, 5.41) is 3.25. The van der Waals surface area contributed by atoms with Gasteiger partial charge < -0.3 is 5.32 Å². The van der Waals surface area contributed by atoms with Gasteiger partial charge in [0.15, 0.2) is 9.84 Å². The van der Waals surface area contributed by atoms with Crippen molar-refractivity contribution in [3.63, 3.8) is 0 Å². The Morgan fingerprint density at radius 2 is 1.89 bits per heavy atom. The van der Waals surface area contributed by atoms with E-state index in [0.717, 1.165) is 19.3 Å². The molecule has 4 heteroatoms. The molecule has 0 aliphatic heterocycles. The van der Waals surface area contributed by atoms with Crippen molar-refractivity contribution in [2.45, 2.75) is 43.5 Å². The monoisotopic (exact) mass is 267 g/mol. The van der Waals surface area contributed by atoms with Crippen molar-refractivity contribution in [1.82, 2.24) is 5.32 Å². The molecule has 1 aromatic carbocycles. The van der Waals surface area contributed by atoms with Gasteiger partial charge in [0.2, 0.25) is 0 Å². The van der Waals surface area contributed by atoms with E-state index >= 15 is 0 Å². The Labute approximate surface area is 110 Å². The Balaban J connectivity index is 2.05. The van der Waals surface area contributed by atoms with E-state index in [-0.39, 0.29) is 17.3 Å². The molecular weight excluding hydrogens is 246 g/mol. The van der Waals surface area contributed by atoms with Gasteiger partial charge in [-0.2, -0.15) is 0 Å². The summed E-state index contributed by atoms with van der Waals surface area (Å²) in [6, 6.07) is 10.4. The zero-order chi connectivity index (χ0) is 13.2. The van der Waals surface area contributed by atoms with Gasteiger partial charge in [0.1, 0.15) is 0 Å². The Morgan fingerprint density at radius 3 is 2.50 bits per heavy atom. The van der Waals surface area contributed by atoms with Crippen LogP contribution in [-0.4, -0.2) is 26.0 Å². The molecule has 1 N–H and O–H groups in total. The number of hydrogen-bond acceptors (Lipinski definition) is 3. The lowest BCUT2D eigenvalue weighted by Crippen LogP contribution is -2.41. The average Bonchev–Trinajstić information content (AvgIpc) is 2.78. The molecular formula is C14H21NO2S. The predicted octanol–water partition coefficient (Wildman–Crippen LogP) is 2.30. The molecule has 0 aromatic heterocycles. The lowest BCUT2D eigenvalue weighted by atomic mass is 10.1. The van der Waals surface area contributed by atoms with Crippen LogP contribution in [0.3, 0.4) is 0 Å². The normalized spacial score (nSPS) is 26.1. The first-order valence-electron chi connectivity index (χ1n) is 6.48. The maximum atomic E-state index is 11.7. The fourth-order valence-corrected chi connectivity index (χ4v) is 4.19. The Bertz CT molecular complexity index is 484. The minimum Gasteiger partial charge on any atom is -0.306 e. The van der Waals surface area contributed by atoms with Crippen molar-refractivity contribution in [2.24, 2.45) is 0 Å². The standard InChI is InChI=1S/C14H21NO2S/c1-11(12-7-4-3-5-8-12)15-13-9-6-10-14(13)18(2,16)17/h3-5,7-8,11,13-15H,6,9-10H2,1-2H3/t11-,13?,14?/m0/s1. The first kappa shape index (κ1) is 13.6. The molecule has 0 spiro atoms. The number of rotatable bonds is 4. The van der Waals surface area contributed by atoms with Gasteiger partial charge in [-0.1, -0.05) is 36.8 Å². The zero-order valence-corrected chi connectivity index (χ0v) is 11.8. The predicted molar refractivity (Wildman–Crippen MR) is 74.3 cm³/mol. The van der Waals surface area contributed by atoms with Gasteiger partial charge in [-0.25, -0.2) is 8.42 Å². The van der Waals surface area contributed by atoms with Crippen LogP contribution < -0.4 is 5.32 Å². The van der Waals surface area contributed by atoms with E-state index < -0.39 is 9.84 Å². The van der Waals surface area contributed by atoms with Gasteiger partial charge in [-0.15, -0.1) is 0 Å². The largest absolute Gasteiger partial charge is 0.306 e. The van der Waals surface area contributed by atoms with Crippen LogP contribution >= 0.6 is 0 Å². The van der Waals surface area contributed by atoms with Gasteiger partial charge in [0.25, 0.3) is 0 Å². The summed E-state index contributed by atoms with van der Waals surface area (Å²) in [6.07, 6.45) is 4.09. The fraction of sp³-hybridized carbons (Fsp3) is 0.571. The van der Waals surface area contributed by atoms with Crippen LogP contribution in [0.1, 0.15) is 37.8 Å². The first-order valence-corrected chi connectivity index (χ1v) is 8.44. The van der Waals surface area contributed by atoms with E-state index in [1.165, 1.54) is 11.8 Å². The highest BCUT2D eigenvalue weighted by Crippen LogP contribution is 2.27. The summed E-state index contributed by atoms with van der Waals surface area (Å²) in [4.78, 5) is 0.